The number of hydrogen-bond acceptors (Lipinski definition) is 4. The summed E-state index contributed by atoms with van der Waals surface area (Å²) in [4.78, 5) is 2.35. The molecule has 1 saturated heterocycles. The first-order valence-electron chi connectivity index (χ1n) is 9.07. The molecule has 1 aliphatic rings. The first-order chi connectivity index (χ1) is 11.7. The van der Waals surface area contributed by atoms with Crippen molar-refractivity contribution in [3.05, 3.63) is 29.3 Å². The smallest absolute Gasteiger partial charge is 0.211 e. The lowest BCUT2D eigenvalue weighted by molar-refractivity contribution is 0.146. The maximum atomic E-state index is 11.6. The van der Waals surface area contributed by atoms with E-state index in [0.29, 0.717) is 12.5 Å². The van der Waals surface area contributed by atoms with Crippen LogP contribution in [0.1, 0.15) is 43.7 Å². The van der Waals surface area contributed by atoms with Gasteiger partial charge >= 0.3 is 0 Å². The molecular weight excluding hydrogens is 336 g/mol. The van der Waals surface area contributed by atoms with E-state index in [2.05, 4.69) is 43.9 Å². The molecule has 0 aliphatic carbocycles. The zero-order valence-electron chi connectivity index (χ0n) is 16.2. The molecule has 0 spiro atoms. The lowest BCUT2D eigenvalue weighted by atomic mass is 9.98. The Labute approximate surface area is 153 Å². The second-order valence-electron chi connectivity index (χ2n) is 7.37. The van der Waals surface area contributed by atoms with Crippen LogP contribution in [0.5, 0.6) is 5.75 Å². The highest BCUT2D eigenvalue weighted by Crippen LogP contribution is 2.23. The molecule has 1 aromatic rings. The Morgan fingerprint density at radius 2 is 1.92 bits per heavy atom. The molecular formula is C19H32N2O3S. The number of nitrogens with zero attached hydrogens (tertiary/aromatic N) is 2. The summed E-state index contributed by atoms with van der Waals surface area (Å²) in [6, 6.07) is 6.44. The summed E-state index contributed by atoms with van der Waals surface area (Å²) in [7, 11) is -1.41. The van der Waals surface area contributed by atoms with Crippen molar-refractivity contribution in [3.8, 4) is 5.75 Å². The number of sulfonamides is 1. The standard InChI is InChI=1S/C19H32N2O3S/c1-15(2)19-7-6-18(14-16(19)3)24-13-12-21-10-8-17(9-11-21)20(4)25(5,22)23/h6-7,14-15,17H,8-13H2,1-5H3. The van der Waals surface area contributed by atoms with Crippen LogP contribution >= 0.6 is 0 Å². The van der Waals surface area contributed by atoms with Crippen molar-refractivity contribution in [1.82, 2.24) is 9.21 Å². The van der Waals surface area contributed by atoms with Gasteiger partial charge in [0.25, 0.3) is 0 Å². The molecule has 0 aromatic heterocycles. The molecule has 1 aliphatic heterocycles. The molecule has 1 fully saturated rings. The summed E-state index contributed by atoms with van der Waals surface area (Å²) in [5.74, 6) is 1.45. The summed E-state index contributed by atoms with van der Waals surface area (Å²) < 4.78 is 30.7. The fourth-order valence-electron chi connectivity index (χ4n) is 3.46. The van der Waals surface area contributed by atoms with Crippen LogP contribution in [-0.4, -0.2) is 63.2 Å². The molecule has 1 aromatic carbocycles. The minimum absolute atomic E-state index is 0.124. The van der Waals surface area contributed by atoms with E-state index in [1.165, 1.54) is 21.7 Å². The van der Waals surface area contributed by atoms with Crippen LogP contribution in [0.25, 0.3) is 0 Å². The number of ether oxygens (including phenoxy) is 1. The lowest BCUT2D eigenvalue weighted by Gasteiger charge is -2.35. The van der Waals surface area contributed by atoms with E-state index < -0.39 is 10.0 Å². The van der Waals surface area contributed by atoms with Crippen molar-refractivity contribution < 1.29 is 13.2 Å². The SMILES string of the molecule is Cc1cc(OCCN2CCC(N(C)S(C)(=O)=O)CC2)ccc1C(C)C. The minimum Gasteiger partial charge on any atom is -0.492 e. The van der Waals surface area contributed by atoms with E-state index >= 15 is 0 Å². The van der Waals surface area contributed by atoms with Gasteiger partial charge in [0, 0.05) is 19.6 Å². The van der Waals surface area contributed by atoms with Crippen LogP contribution in [0.4, 0.5) is 0 Å². The van der Waals surface area contributed by atoms with Crippen LogP contribution in [-0.2, 0) is 10.0 Å². The van der Waals surface area contributed by atoms with Crippen molar-refractivity contribution >= 4 is 10.0 Å². The van der Waals surface area contributed by atoms with Crippen molar-refractivity contribution in [2.45, 2.75) is 45.6 Å². The van der Waals surface area contributed by atoms with Gasteiger partial charge < -0.3 is 4.74 Å². The molecule has 0 radical (unpaired) electrons. The fraction of sp³-hybridized carbons (Fsp3) is 0.684. The van der Waals surface area contributed by atoms with Crippen molar-refractivity contribution in [2.24, 2.45) is 0 Å². The van der Waals surface area contributed by atoms with E-state index in [1.54, 1.807) is 7.05 Å². The summed E-state index contributed by atoms with van der Waals surface area (Å²) in [6.07, 6.45) is 3.04. The van der Waals surface area contributed by atoms with E-state index in [9.17, 15) is 8.42 Å². The molecule has 0 amide bonds. The average Bonchev–Trinajstić information content (AvgIpc) is 2.54. The number of likely N-dealkylation sites (tertiary alicyclic amines) is 1. The van der Waals surface area contributed by atoms with Crippen molar-refractivity contribution in [2.75, 3.05) is 39.5 Å². The lowest BCUT2D eigenvalue weighted by Crippen LogP contribution is -2.46. The summed E-state index contributed by atoms with van der Waals surface area (Å²) in [5, 5.41) is 0. The van der Waals surface area contributed by atoms with E-state index in [0.717, 1.165) is 38.2 Å². The average molecular weight is 369 g/mol. The van der Waals surface area contributed by atoms with Gasteiger partial charge in [-0.3, -0.25) is 4.90 Å². The molecule has 0 unspecified atom stereocenters. The zero-order valence-corrected chi connectivity index (χ0v) is 17.0. The maximum absolute atomic E-state index is 11.6. The molecule has 2 rings (SSSR count). The molecule has 0 bridgehead atoms. The highest BCUT2D eigenvalue weighted by molar-refractivity contribution is 7.88. The predicted octanol–water partition coefficient (Wildman–Crippen LogP) is 2.85. The number of aryl methyl sites for hydroxylation is 1. The van der Waals surface area contributed by atoms with Gasteiger partial charge in [-0.15, -0.1) is 0 Å². The Balaban J connectivity index is 1.76. The Kier molecular flexibility index (Phi) is 6.88. The second kappa shape index (κ2) is 8.52. The maximum Gasteiger partial charge on any atom is 0.211 e. The molecule has 142 valence electrons. The quantitative estimate of drug-likeness (QED) is 0.743. The molecule has 6 heteroatoms. The highest BCUT2D eigenvalue weighted by Gasteiger charge is 2.26. The molecule has 0 N–H and O–H groups in total. The third kappa shape index (κ3) is 5.69. The summed E-state index contributed by atoms with van der Waals surface area (Å²) in [6.45, 7) is 9.90. The fourth-order valence-corrected chi connectivity index (χ4v) is 4.21. The van der Waals surface area contributed by atoms with Crippen LogP contribution in [0.2, 0.25) is 0 Å². The largest absolute Gasteiger partial charge is 0.492 e. The van der Waals surface area contributed by atoms with Crippen LogP contribution in [0, 0.1) is 6.92 Å². The van der Waals surface area contributed by atoms with Gasteiger partial charge in [-0.05, 0) is 62.0 Å². The normalized spacial score (nSPS) is 17.4. The van der Waals surface area contributed by atoms with Gasteiger partial charge in [0.05, 0.1) is 6.26 Å². The number of benzene rings is 1. The summed E-state index contributed by atoms with van der Waals surface area (Å²) in [5.41, 5.74) is 2.64. The van der Waals surface area contributed by atoms with Gasteiger partial charge in [-0.25, -0.2) is 12.7 Å². The second-order valence-corrected chi connectivity index (χ2v) is 9.42. The molecule has 0 atom stereocenters. The Morgan fingerprint density at radius 1 is 1.28 bits per heavy atom. The third-order valence-electron chi connectivity index (χ3n) is 5.13. The Morgan fingerprint density at radius 3 is 2.44 bits per heavy atom. The minimum atomic E-state index is -3.10. The Hall–Kier alpha value is -1.11. The summed E-state index contributed by atoms with van der Waals surface area (Å²) >= 11 is 0. The number of rotatable bonds is 7. The van der Waals surface area contributed by atoms with E-state index in [-0.39, 0.29) is 6.04 Å². The van der Waals surface area contributed by atoms with Crippen molar-refractivity contribution in [1.29, 1.82) is 0 Å². The molecule has 1 heterocycles. The monoisotopic (exact) mass is 368 g/mol. The zero-order chi connectivity index (χ0) is 18.6. The van der Waals surface area contributed by atoms with Crippen LogP contribution in [0.3, 0.4) is 0 Å². The first kappa shape index (κ1) is 20.2. The topological polar surface area (TPSA) is 49.9 Å². The van der Waals surface area contributed by atoms with Crippen molar-refractivity contribution in [3.63, 3.8) is 0 Å². The van der Waals surface area contributed by atoms with E-state index in [1.807, 2.05) is 0 Å². The third-order valence-corrected chi connectivity index (χ3v) is 6.48. The van der Waals surface area contributed by atoms with Gasteiger partial charge in [-0.2, -0.15) is 0 Å². The van der Waals surface area contributed by atoms with Gasteiger partial charge in [0.1, 0.15) is 12.4 Å². The molecule has 5 nitrogen and oxygen atoms in total. The molecule has 0 saturated carbocycles. The Bertz CT molecular complexity index is 665. The predicted molar refractivity (Wildman–Crippen MR) is 103 cm³/mol. The van der Waals surface area contributed by atoms with Crippen LogP contribution in [0.15, 0.2) is 18.2 Å². The number of hydrogen-bond donors (Lipinski definition) is 0. The van der Waals surface area contributed by atoms with Crippen LogP contribution < -0.4 is 4.74 Å². The highest BCUT2D eigenvalue weighted by atomic mass is 32.2. The number of piperidine rings is 1. The molecule has 25 heavy (non-hydrogen) atoms. The first-order valence-corrected chi connectivity index (χ1v) is 10.9. The van der Waals surface area contributed by atoms with Gasteiger partial charge in [0.2, 0.25) is 10.0 Å². The van der Waals surface area contributed by atoms with E-state index in [4.69, 9.17) is 4.74 Å². The van der Waals surface area contributed by atoms with Gasteiger partial charge in [0.15, 0.2) is 0 Å². The van der Waals surface area contributed by atoms with Gasteiger partial charge in [-0.1, -0.05) is 19.9 Å².